The van der Waals surface area contributed by atoms with Crippen LogP contribution in [0.1, 0.15) is 10.6 Å². The van der Waals surface area contributed by atoms with Crippen LogP contribution in [0.4, 0.5) is 0 Å². The molecule has 1 fully saturated rings. The summed E-state index contributed by atoms with van der Waals surface area (Å²) in [7, 11) is 0. The molecule has 2 N–H and O–H groups in total. The summed E-state index contributed by atoms with van der Waals surface area (Å²) in [5.74, 6) is -1.99. The van der Waals surface area contributed by atoms with Crippen LogP contribution >= 0.6 is 23.1 Å². The van der Waals surface area contributed by atoms with Crippen LogP contribution in [-0.2, 0) is 9.59 Å². The monoisotopic (exact) mass is 298 g/mol. The highest BCUT2D eigenvalue weighted by atomic mass is 32.2. The molecule has 2 aliphatic rings. The number of carboxylic acids is 1. The molecular weight excluding hydrogens is 288 g/mol. The van der Waals surface area contributed by atoms with Gasteiger partial charge in [0.15, 0.2) is 0 Å². The summed E-state index contributed by atoms with van der Waals surface area (Å²) in [5, 5.41) is 18.2. The molecule has 0 saturated carbocycles. The number of thioether (sulfide) groups is 1. The summed E-state index contributed by atoms with van der Waals surface area (Å²) >= 11 is 2.72. The number of thiazole rings is 1. The minimum absolute atomic E-state index is 0.0151. The lowest BCUT2D eigenvalue weighted by atomic mass is 9.98. The molecule has 3 rings (SSSR count). The van der Waals surface area contributed by atoms with Crippen LogP contribution in [0.15, 0.2) is 11.2 Å². The Kier molecular flexibility index (Phi) is 2.88. The number of nitrogens with zero attached hydrogens (tertiary/aromatic N) is 2. The van der Waals surface area contributed by atoms with Crippen LogP contribution in [0.25, 0.3) is 4.91 Å². The molecule has 2 atom stereocenters. The highest BCUT2D eigenvalue weighted by Gasteiger charge is 2.56. The minimum Gasteiger partial charge on any atom is -0.477 e. The number of amides is 1. The number of carbonyl (C=O) groups excluding carboxylic acids is 1. The van der Waals surface area contributed by atoms with Gasteiger partial charge in [-0.3, -0.25) is 9.69 Å². The number of hydrogen-bond donors (Lipinski definition) is 2. The van der Waals surface area contributed by atoms with Gasteiger partial charge in [0.25, 0.3) is 0 Å². The molecule has 2 aliphatic heterocycles. The van der Waals surface area contributed by atoms with Crippen LogP contribution in [0.5, 0.6) is 0 Å². The molecule has 0 aromatic carbocycles. The average Bonchev–Trinajstić information content (AvgIpc) is 2.91. The minimum atomic E-state index is -1.14. The Labute approximate surface area is 116 Å². The van der Waals surface area contributed by atoms with E-state index in [0.717, 1.165) is 4.88 Å². The fourth-order valence-electron chi connectivity index (χ4n) is 2.24. The van der Waals surface area contributed by atoms with Gasteiger partial charge in [0.2, 0.25) is 5.91 Å². The van der Waals surface area contributed by atoms with E-state index < -0.39 is 11.9 Å². The number of aryl methyl sites for hydroxylation is 1. The topological polar surface area (TPSA) is 90.7 Å². The molecule has 0 spiro atoms. The first-order chi connectivity index (χ1) is 9.06. The fourth-order valence-corrected chi connectivity index (χ4v) is 4.43. The van der Waals surface area contributed by atoms with Gasteiger partial charge >= 0.3 is 5.97 Å². The predicted molar refractivity (Wildman–Crippen MR) is 70.2 cm³/mol. The molecule has 3 heterocycles. The Morgan fingerprint density at radius 2 is 2.32 bits per heavy atom. The van der Waals surface area contributed by atoms with Crippen LogP contribution in [0, 0.1) is 12.8 Å². The number of β-lactam (4-membered cyclic amide) rings is 1. The standard InChI is InChI=1S/C11H10N2O4S2/c1-4-6(12-3-18-4)8-7(11(16)17)13-9(15)5(2-14)10(13)19-8/h3,5,10,14H,2H2,1H3,(H,16,17)/t5-,10+/m0/s1. The van der Waals surface area contributed by atoms with Crippen LogP contribution in [0.3, 0.4) is 0 Å². The van der Waals surface area contributed by atoms with E-state index in [1.165, 1.54) is 28.0 Å². The quantitative estimate of drug-likeness (QED) is 0.799. The van der Waals surface area contributed by atoms with E-state index in [1.807, 2.05) is 6.92 Å². The van der Waals surface area contributed by atoms with Gasteiger partial charge in [-0.1, -0.05) is 11.8 Å². The summed E-state index contributed by atoms with van der Waals surface area (Å²) in [6, 6.07) is 0. The second-order valence-corrected chi connectivity index (χ2v) is 6.43. The van der Waals surface area contributed by atoms with Gasteiger partial charge in [-0.25, -0.2) is 9.78 Å². The smallest absolute Gasteiger partial charge is 0.353 e. The van der Waals surface area contributed by atoms with Crippen LogP contribution in [-0.4, -0.2) is 44.0 Å². The van der Waals surface area contributed by atoms with Crippen molar-refractivity contribution < 1.29 is 19.8 Å². The first-order valence-corrected chi connectivity index (χ1v) is 7.30. The number of aliphatic hydroxyl groups excluding tert-OH is 1. The molecule has 1 saturated heterocycles. The van der Waals surface area contributed by atoms with Crippen molar-refractivity contribution in [3.8, 4) is 0 Å². The van der Waals surface area contributed by atoms with Crippen molar-refractivity contribution in [2.45, 2.75) is 12.3 Å². The Morgan fingerprint density at radius 3 is 2.84 bits per heavy atom. The maximum atomic E-state index is 11.8. The van der Waals surface area contributed by atoms with E-state index in [9.17, 15) is 14.7 Å². The maximum Gasteiger partial charge on any atom is 0.353 e. The molecule has 6 nitrogen and oxygen atoms in total. The highest BCUT2D eigenvalue weighted by Crippen LogP contribution is 2.53. The van der Waals surface area contributed by atoms with E-state index in [-0.39, 0.29) is 23.6 Å². The summed E-state index contributed by atoms with van der Waals surface area (Å²) in [6.45, 7) is 1.60. The van der Waals surface area contributed by atoms with Gasteiger partial charge in [0, 0.05) is 4.88 Å². The lowest BCUT2D eigenvalue weighted by molar-refractivity contribution is -0.153. The first kappa shape index (κ1) is 12.6. The second kappa shape index (κ2) is 4.32. The third kappa shape index (κ3) is 1.63. The molecule has 0 aliphatic carbocycles. The largest absolute Gasteiger partial charge is 0.477 e. The third-order valence-corrected chi connectivity index (χ3v) is 5.37. The Morgan fingerprint density at radius 1 is 1.58 bits per heavy atom. The van der Waals surface area contributed by atoms with Crippen molar-refractivity contribution in [3.05, 3.63) is 21.8 Å². The average molecular weight is 298 g/mol. The van der Waals surface area contributed by atoms with E-state index in [4.69, 9.17) is 5.11 Å². The number of carbonyl (C=O) groups is 2. The number of aromatic nitrogens is 1. The molecule has 100 valence electrons. The van der Waals surface area contributed by atoms with Gasteiger partial charge in [0.05, 0.1) is 28.6 Å². The number of aliphatic carboxylic acids is 1. The van der Waals surface area contributed by atoms with E-state index in [0.29, 0.717) is 10.6 Å². The van der Waals surface area contributed by atoms with Gasteiger partial charge in [-0.05, 0) is 6.92 Å². The van der Waals surface area contributed by atoms with Gasteiger partial charge < -0.3 is 10.2 Å². The lowest BCUT2D eigenvalue weighted by Crippen LogP contribution is -2.58. The van der Waals surface area contributed by atoms with Crippen molar-refractivity contribution in [2.75, 3.05) is 6.61 Å². The van der Waals surface area contributed by atoms with Crippen molar-refractivity contribution in [2.24, 2.45) is 5.92 Å². The SMILES string of the molecule is Cc1scnc1C1=C(C(=O)O)N2C(=O)[C@H](CO)[C@H]2S1. The van der Waals surface area contributed by atoms with Crippen molar-refractivity contribution in [3.63, 3.8) is 0 Å². The normalized spacial score (nSPS) is 25.6. The molecule has 1 aromatic heterocycles. The van der Waals surface area contributed by atoms with E-state index in [2.05, 4.69) is 4.98 Å². The summed E-state index contributed by atoms with van der Waals surface area (Å²) in [4.78, 5) is 30.1. The molecule has 0 bridgehead atoms. The number of rotatable bonds is 3. The van der Waals surface area contributed by atoms with Crippen LogP contribution in [0.2, 0.25) is 0 Å². The van der Waals surface area contributed by atoms with E-state index in [1.54, 1.807) is 5.51 Å². The Hall–Kier alpha value is -1.38. The molecule has 0 radical (unpaired) electrons. The van der Waals surface area contributed by atoms with Gasteiger partial charge in [0.1, 0.15) is 11.1 Å². The summed E-state index contributed by atoms with van der Waals surface area (Å²) in [6.07, 6.45) is 0. The molecule has 19 heavy (non-hydrogen) atoms. The van der Waals surface area contributed by atoms with Crippen molar-refractivity contribution >= 4 is 39.9 Å². The zero-order valence-electron chi connectivity index (χ0n) is 9.86. The van der Waals surface area contributed by atoms with Crippen molar-refractivity contribution in [1.82, 2.24) is 9.88 Å². The number of hydrogen-bond acceptors (Lipinski definition) is 6. The maximum absolute atomic E-state index is 11.8. The highest BCUT2D eigenvalue weighted by molar-refractivity contribution is 8.09. The molecule has 0 unspecified atom stereocenters. The lowest BCUT2D eigenvalue weighted by Gasteiger charge is -2.41. The molecule has 1 amide bonds. The van der Waals surface area contributed by atoms with Gasteiger partial charge in [-0.2, -0.15) is 0 Å². The number of fused-ring (bicyclic) bond motifs is 1. The Bertz CT molecular complexity index is 610. The molecule has 1 aromatic rings. The van der Waals surface area contributed by atoms with Crippen molar-refractivity contribution in [1.29, 1.82) is 0 Å². The summed E-state index contributed by atoms with van der Waals surface area (Å²) in [5.41, 5.74) is 2.25. The summed E-state index contributed by atoms with van der Waals surface area (Å²) < 4.78 is 0. The number of carboxylic acid groups (broad SMARTS) is 1. The van der Waals surface area contributed by atoms with Crippen LogP contribution < -0.4 is 0 Å². The number of aliphatic hydroxyl groups is 1. The molecular formula is C11H10N2O4S2. The first-order valence-electron chi connectivity index (χ1n) is 5.55. The second-order valence-electron chi connectivity index (χ2n) is 4.25. The molecule has 8 heteroatoms. The predicted octanol–water partition coefficient (Wildman–Crippen LogP) is 0.728. The zero-order chi connectivity index (χ0) is 13.7. The van der Waals surface area contributed by atoms with E-state index >= 15 is 0 Å². The third-order valence-electron chi connectivity index (χ3n) is 3.21. The van der Waals surface area contributed by atoms with Gasteiger partial charge in [-0.15, -0.1) is 11.3 Å². The Balaban J connectivity index is 2.07. The zero-order valence-corrected chi connectivity index (χ0v) is 11.5. The fraction of sp³-hybridized carbons (Fsp3) is 0.364.